The van der Waals surface area contributed by atoms with Crippen LogP contribution in [0.5, 0.6) is 0 Å². The van der Waals surface area contributed by atoms with Crippen LogP contribution < -0.4 is 10.6 Å². The molecule has 1 rings (SSSR count). The molecular formula is C14H23BrN2O. The lowest BCUT2D eigenvalue weighted by atomic mass is 10.1. The van der Waals surface area contributed by atoms with Crippen molar-refractivity contribution in [3.05, 3.63) is 28.2 Å². The lowest BCUT2D eigenvalue weighted by Crippen LogP contribution is -2.25. The van der Waals surface area contributed by atoms with Gasteiger partial charge in [0.1, 0.15) is 0 Å². The van der Waals surface area contributed by atoms with E-state index in [0.717, 1.165) is 23.2 Å². The minimum absolute atomic E-state index is 0.0194. The van der Waals surface area contributed by atoms with Crippen LogP contribution in [0.2, 0.25) is 0 Å². The Morgan fingerprint density at radius 1 is 1.33 bits per heavy atom. The molecule has 0 saturated carbocycles. The van der Waals surface area contributed by atoms with Crippen molar-refractivity contribution >= 4 is 21.6 Å². The first-order valence-corrected chi connectivity index (χ1v) is 7.09. The zero-order valence-electron chi connectivity index (χ0n) is 11.6. The molecule has 1 aromatic carbocycles. The van der Waals surface area contributed by atoms with Crippen molar-refractivity contribution in [2.45, 2.75) is 32.9 Å². The van der Waals surface area contributed by atoms with Crippen LogP contribution in [0.15, 0.2) is 22.7 Å². The molecular weight excluding hydrogens is 292 g/mol. The molecule has 1 unspecified atom stereocenters. The van der Waals surface area contributed by atoms with Crippen molar-refractivity contribution in [1.82, 2.24) is 0 Å². The first-order chi connectivity index (χ1) is 8.41. The summed E-state index contributed by atoms with van der Waals surface area (Å²) < 4.78 is 6.64. The van der Waals surface area contributed by atoms with Gasteiger partial charge < -0.3 is 15.4 Å². The van der Waals surface area contributed by atoms with Gasteiger partial charge in [-0.15, -0.1) is 0 Å². The van der Waals surface area contributed by atoms with Crippen molar-refractivity contribution in [3.63, 3.8) is 0 Å². The highest BCUT2D eigenvalue weighted by Gasteiger charge is 2.11. The van der Waals surface area contributed by atoms with Crippen molar-refractivity contribution in [2.75, 3.05) is 25.1 Å². The number of benzene rings is 1. The molecule has 0 amide bonds. The third kappa shape index (κ3) is 4.59. The summed E-state index contributed by atoms with van der Waals surface area (Å²) in [6, 6.07) is 6.24. The molecule has 18 heavy (non-hydrogen) atoms. The Kier molecular flexibility index (Phi) is 6.12. The fourth-order valence-electron chi connectivity index (χ4n) is 1.78. The average molecular weight is 315 g/mol. The van der Waals surface area contributed by atoms with Crippen LogP contribution in [0.4, 0.5) is 5.69 Å². The van der Waals surface area contributed by atoms with Crippen molar-refractivity contribution in [2.24, 2.45) is 5.73 Å². The molecule has 0 spiro atoms. The SMILES string of the molecule is CC(C)OCCN(C)c1ccc(Br)cc1C(C)N. The number of nitrogens with zero attached hydrogens (tertiary/aromatic N) is 1. The summed E-state index contributed by atoms with van der Waals surface area (Å²) in [5.74, 6) is 0. The third-order valence-corrected chi connectivity index (χ3v) is 3.26. The largest absolute Gasteiger partial charge is 0.377 e. The zero-order chi connectivity index (χ0) is 13.7. The van der Waals surface area contributed by atoms with Gasteiger partial charge in [0, 0.05) is 29.8 Å². The summed E-state index contributed by atoms with van der Waals surface area (Å²) in [4.78, 5) is 2.19. The number of hydrogen-bond acceptors (Lipinski definition) is 3. The van der Waals surface area contributed by atoms with Crippen LogP contribution in [0.25, 0.3) is 0 Å². The maximum atomic E-state index is 6.02. The van der Waals surface area contributed by atoms with Gasteiger partial charge in [-0.3, -0.25) is 0 Å². The Labute approximate surface area is 118 Å². The summed E-state index contributed by atoms with van der Waals surface area (Å²) >= 11 is 3.49. The highest BCUT2D eigenvalue weighted by atomic mass is 79.9. The number of ether oxygens (including phenoxy) is 1. The highest BCUT2D eigenvalue weighted by Crippen LogP contribution is 2.27. The monoisotopic (exact) mass is 314 g/mol. The number of likely N-dealkylation sites (N-methyl/N-ethyl adjacent to an activating group) is 1. The normalized spacial score (nSPS) is 12.8. The van der Waals surface area contributed by atoms with Gasteiger partial charge in [-0.05, 0) is 44.5 Å². The van der Waals surface area contributed by atoms with Crippen molar-refractivity contribution in [1.29, 1.82) is 0 Å². The molecule has 2 N–H and O–H groups in total. The lowest BCUT2D eigenvalue weighted by Gasteiger charge is -2.24. The summed E-state index contributed by atoms with van der Waals surface area (Å²) in [5.41, 5.74) is 8.34. The maximum Gasteiger partial charge on any atom is 0.0644 e. The van der Waals surface area contributed by atoms with Crippen LogP contribution >= 0.6 is 15.9 Å². The molecule has 0 saturated heterocycles. The Hall–Kier alpha value is -0.580. The zero-order valence-corrected chi connectivity index (χ0v) is 13.2. The van der Waals surface area contributed by atoms with Gasteiger partial charge in [-0.2, -0.15) is 0 Å². The Balaban J connectivity index is 2.75. The van der Waals surface area contributed by atoms with E-state index >= 15 is 0 Å². The van der Waals surface area contributed by atoms with Crippen LogP contribution in [0, 0.1) is 0 Å². The van der Waals surface area contributed by atoms with Gasteiger partial charge in [0.15, 0.2) is 0 Å². The van der Waals surface area contributed by atoms with Crippen LogP contribution in [-0.2, 0) is 4.74 Å². The molecule has 0 aliphatic rings. The van der Waals surface area contributed by atoms with E-state index in [1.165, 1.54) is 5.69 Å². The van der Waals surface area contributed by atoms with E-state index in [4.69, 9.17) is 10.5 Å². The second kappa shape index (κ2) is 7.12. The molecule has 0 aromatic heterocycles. The molecule has 1 aromatic rings. The van der Waals surface area contributed by atoms with E-state index in [1.54, 1.807) is 0 Å². The Bertz CT molecular complexity index is 380. The fraction of sp³-hybridized carbons (Fsp3) is 0.571. The lowest BCUT2D eigenvalue weighted by molar-refractivity contribution is 0.0846. The summed E-state index contributed by atoms with van der Waals surface area (Å²) in [5, 5.41) is 0. The summed E-state index contributed by atoms with van der Waals surface area (Å²) in [6.07, 6.45) is 0.274. The van der Waals surface area contributed by atoms with Gasteiger partial charge in [-0.1, -0.05) is 15.9 Å². The van der Waals surface area contributed by atoms with Gasteiger partial charge in [0.25, 0.3) is 0 Å². The second-order valence-electron chi connectivity index (χ2n) is 4.83. The van der Waals surface area contributed by atoms with Gasteiger partial charge in [0.2, 0.25) is 0 Å². The Morgan fingerprint density at radius 2 is 2.00 bits per heavy atom. The molecule has 102 valence electrons. The van der Waals surface area contributed by atoms with E-state index in [2.05, 4.69) is 40.0 Å². The van der Waals surface area contributed by atoms with Crippen molar-refractivity contribution < 1.29 is 4.74 Å². The number of hydrogen-bond donors (Lipinski definition) is 1. The van der Waals surface area contributed by atoms with E-state index in [9.17, 15) is 0 Å². The number of halogens is 1. The predicted octanol–water partition coefficient (Wildman–Crippen LogP) is 3.33. The molecule has 1 atom stereocenters. The minimum atomic E-state index is 0.0194. The van der Waals surface area contributed by atoms with Crippen LogP contribution in [-0.4, -0.2) is 26.3 Å². The second-order valence-corrected chi connectivity index (χ2v) is 5.75. The number of nitrogens with two attached hydrogens (primary N) is 1. The molecule has 0 bridgehead atoms. The topological polar surface area (TPSA) is 38.5 Å². The maximum absolute atomic E-state index is 6.02. The molecule has 4 heteroatoms. The average Bonchev–Trinajstić information content (AvgIpc) is 2.28. The molecule has 0 radical (unpaired) electrons. The Morgan fingerprint density at radius 3 is 2.56 bits per heavy atom. The van der Waals surface area contributed by atoms with Crippen molar-refractivity contribution in [3.8, 4) is 0 Å². The van der Waals surface area contributed by atoms with Crippen LogP contribution in [0.3, 0.4) is 0 Å². The van der Waals surface area contributed by atoms with Gasteiger partial charge >= 0.3 is 0 Å². The summed E-state index contributed by atoms with van der Waals surface area (Å²) in [7, 11) is 2.07. The van der Waals surface area contributed by atoms with Gasteiger partial charge in [0.05, 0.1) is 12.7 Å². The minimum Gasteiger partial charge on any atom is -0.377 e. The first kappa shape index (κ1) is 15.5. The highest BCUT2D eigenvalue weighted by molar-refractivity contribution is 9.10. The smallest absolute Gasteiger partial charge is 0.0644 e. The third-order valence-electron chi connectivity index (χ3n) is 2.77. The van der Waals surface area contributed by atoms with Gasteiger partial charge in [-0.25, -0.2) is 0 Å². The van der Waals surface area contributed by atoms with E-state index < -0.39 is 0 Å². The fourth-order valence-corrected chi connectivity index (χ4v) is 2.16. The molecule has 0 aliphatic heterocycles. The molecule has 0 fully saturated rings. The molecule has 0 aliphatic carbocycles. The first-order valence-electron chi connectivity index (χ1n) is 6.29. The summed E-state index contributed by atoms with van der Waals surface area (Å²) in [6.45, 7) is 7.69. The predicted molar refractivity (Wildman–Crippen MR) is 81.1 cm³/mol. The van der Waals surface area contributed by atoms with Crippen LogP contribution in [0.1, 0.15) is 32.4 Å². The quantitative estimate of drug-likeness (QED) is 0.875. The molecule has 0 heterocycles. The molecule has 3 nitrogen and oxygen atoms in total. The van der Waals surface area contributed by atoms with E-state index in [1.807, 2.05) is 26.8 Å². The van der Waals surface area contributed by atoms with E-state index in [0.29, 0.717) is 0 Å². The number of rotatable bonds is 6. The van der Waals surface area contributed by atoms with E-state index in [-0.39, 0.29) is 12.1 Å². The standard InChI is InChI=1S/C14H23BrN2O/c1-10(2)18-8-7-17(4)14-6-5-12(15)9-13(14)11(3)16/h5-6,9-11H,7-8,16H2,1-4H3. The number of anilines is 1.